The summed E-state index contributed by atoms with van der Waals surface area (Å²) in [5, 5.41) is 2.74. The molecular weight excluding hydrogens is 330 g/mol. The highest BCUT2D eigenvalue weighted by atomic mass is 16.1. The molecule has 132 valence electrons. The molecule has 26 heavy (non-hydrogen) atoms. The van der Waals surface area contributed by atoms with E-state index >= 15 is 0 Å². The predicted octanol–water partition coefficient (Wildman–Crippen LogP) is 2.42. The fourth-order valence-electron chi connectivity index (χ4n) is 2.59. The zero-order valence-electron chi connectivity index (χ0n) is 14.6. The minimum atomic E-state index is -0.238. The Morgan fingerprint density at radius 3 is 2.77 bits per heavy atom. The highest BCUT2D eigenvalue weighted by Gasteiger charge is 2.12. The van der Waals surface area contributed by atoms with Crippen molar-refractivity contribution < 1.29 is 4.79 Å². The molecule has 0 bridgehead atoms. The highest BCUT2D eigenvalue weighted by molar-refractivity contribution is 5.89. The van der Waals surface area contributed by atoms with E-state index in [9.17, 15) is 9.59 Å². The second-order valence-electron chi connectivity index (χ2n) is 5.99. The number of aromatic nitrogens is 4. The number of pyridine rings is 2. The first-order valence-electron chi connectivity index (χ1n) is 8.25. The molecular formula is C19H19N5O2. The molecule has 3 heterocycles. The van der Waals surface area contributed by atoms with E-state index in [0.29, 0.717) is 29.3 Å². The lowest BCUT2D eigenvalue weighted by atomic mass is 10.1. The molecule has 0 saturated heterocycles. The van der Waals surface area contributed by atoms with Gasteiger partial charge in [-0.1, -0.05) is 0 Å². The van der Waals surface area contributed by atoms with E-state index in [1.807, 2.05) is 19.1 Å². The molecule has 0 fully saturated rings. The standard InChI is InChI=1S/C19H19N5O2/c1-12-7-9-21-16(10-12)23-17(25)6-5-15-13(2)22-18(24-19(15)26)14-4-3-8-20-11-14/h3-4,7-11H,5-6H2,1-2H3,(H,21,23,25)(H,22,24,26). The Bertz CT molecular complexity index is 983. The summed E-state index contributed by atoms with van der Waals surface area (Å²) in [6, 6.07) is 7.25. The maximum absolute atomic E-state index is 12.4. The number of H-pyrrole nitrogens is 1. The lowest BCUT2D eigenvalue weighted by Crippen LogP contribution is -2.20. The molecule has 0 aliphatic heterocycles. The number of amides is 1. The average Bonchev–Trinajstić information content (AvgIpc) is 2.61. The minimum absolute atomic E-state index is 0.174. The van der Waals surface area contributed by atoms with Gasteiger partial charge in [-0.25, -0.2) is 9.97 Å². The van der Waals surface area contributed by atoms with Gasteiger partial charge in [0.15, 0.2) is 0 Å². The molecule has 0 aromatic carbocycles. The summed E-state index contributed by atoms with van der Waals surface area (Å²) >= 11 is 0. The zero-order chi connectivity index (χ0) is 18.5. The van der Waals surface area contributed by atoms with Gasteiger partial charge in [0, 0.05) is 41.8 Å². The van der Waals surface area contributed by atoms with Crippen molar-refractivity contribution >= 4 is 11.7 Å². The molecule has 0 saturated carbocycles. The van der Waals surface area contributed by atoms with Gasteiger partial charge in [-0.2, -0.15) is 0 Å². The first-order valence-corrected chi connectivity index (χ1v) is 8.25. The molecule has 3 rings (SSSR count). The third-order valence-electron chi connectivity index (χ3n) is 3.94. The largest absolute Gasteiger partial charge is 0.311 e. The number of carbonyl (C=O) groups is 1. The van der Waals surface area contributed by atoms with Crippen molar-refractivity contribution in [2.24, 2.45) is 0 Å². The van der Waals surface area contributed by atoms with Crippen LogP contribution in [0.2, 0.25) is 0 Å². The van der Waals surface area contributed by atoms with E-state index in [2.05, 4.69) is 25.3 Å². The van der Waals surface area contributed by atoms with Crippen molar-refractivity contribution in [3.63, 3.8) is 0 Å². The van der Waals surface area contributed by atoms with Crippen LogP contribution in [0.4, 0.5) is 5.82 Å². The third kappa shape index (κ3) is 4.18. The topological polar surface area (TPSA) is 101 Å². The maximum Gasteiger partial charge on any atom is 0.254 e. The Balaban J connectivity index is 1.70. The Kier molecular flexibility index (Phi) is 5.17. The number of anilines is 1. The van der Waals surface area contributed by atoms with Crippen molar-refractivity contribution in [3.05, 3.63) is 70.0 Å². The van der Waals surface area contributed by atoms with Gasteiger partial charge in [0.2, 0.25) is 5.91 Å². The second kappa shape index (κ2) is 7.69. The number of aromatic amines is 1. The van der Waals surface area contributed by atoms with Crippen LogP contribution in [0.3, 0.4) is 0 Å². The summed E-state index contributed by atoms with van der Waals surface area (Å²) in [6.07, 6.45) is 5.41. The molecule has 0 aliphatic rings. The second-order valence-corrected chi connectivity index (χ2v) is 5.99. The van der Waals surface area contributed by atoms with Crippen molar-refractivity contribution in [3.8, 4) is 11.4 Å². The van der Waals surface area contributed by atoms with E-state index in [-0.39, 0.29) is 17.9 Å². The average molecular weight is 349 g/mol. The maximum atomic E-state index is 12.4. The van der Waals surface area contributed by atoms with Gasteiger partial charge in [0.1, 0.15) is 11.6 Å². The Labute approximate surface area is 150 Å². The van der Waals surface area contributed by atoms with Gasteiger partial charge in [0.25, 0.3) is 5.56 Å². The van der Waals surface area contributed by atoms with Gasteiger partial charge >= 0.3 is 0 Å². The smallest absolute Gasteiger partial charge is 0.254 e. The van der Waals surface area contributed by atoms with E-state index < -0.39 is 0 Å². The van der Waals surface area contributed by atoms with Crippen LogP contribution in [-0.2, 0) is 11.2 Å². The summed E-state index contributed by atoms with van der Waals surface area (Å²) in [7, 11) is 0. The fraction of sp³-hybridized carbons (Fsp3) is 0.211. The van der Waals surface area contributed by atoms with Crippen LogP contribution < -0.4 is 10.9 Å². The van der Waals surface area contributed by atoms with Crippen LogP contribution in [0.15, 0.2) is 47.7 Å². The number of rotatable bonds is 5. The summed E-state index contributed by atoms with van der Waals surface area (Å²) in [5.41, 5.74) is 2.62. The summed E-state index contributed by atoms with van der Waals surface area (Å²) in [5.74, 6) is 0.779. The first kappa shape index (κ1) is 17.5. The Morgan fingerprint density at radius 1 is 1.23 bits per heavy atom. The van der Waals surface area contributed by atoms with Crippen molar-refractivity contribution in [1.29, 1.82) is 0 Å². The van der Waals surface area contributed by atoms with Crippen LogP contribution in [0, 0.1) is 13.8 Å². The molecule has 0 unspecified atom stereocenters. The van der Waals surface area contributed by atoms with Gasteiger partial charge in [-0.15, -0.1) is 0 Å². The molecule has 1 amide bonds. The zero-order valence-corrected chi connectivity index (χ0v) is 14.6. The minimum Gasteiger partial charge on any atom is -0.311 e. The molecule has 2 N–H and O–H groups in total. The number of nitrogens with one attached hydrogen (secondary N) is 2. The molecule has 0 radical (unpaired) electrons. The first-order chi connectivity index (χ1) is 12.5. The summed E-state index contributed by atoms with van der Waals surface area (Å²) < 4.78 is 0. The van der Waals surface area contributed by atoms with Gasteiger partial charge in [-0.05, 0) is 50.1 Å². The van der Waals surface area contributed by atoms with Crippen LogP contribution in [-0.4, -0.2) is 25.8 Å². The van der Waals surface area contributed by atoms with Crippen LogP contribution in [0.25, 0.3) is 11.4 Å². The molecule has 7 heteroatoms. The van der Waals surface area contributed by atoms with E-state index in [4.69, 9.17) is 0 Å². The Morgan fingerprint density at radius 2 is 2.08 bits per heavy atom. The van der Waals surface area contributed by atoms with Crippen LogP contribution in [0.1, 0.15) is 23.2 Å². The van der Waals surface area contributed by atoms with E-state index in [1.54, 1.807) is 37.6 Å². The van der Waals surface area contributed by atoms with E-state index in [1.165, 1.54) is 0 Å². The van der Waals surface area contributed by atoms with Crippen molar-refractivity contribution in [2.75, 3.05) is 5.32 Å². The monoisotopic (exact) mass is 349 g/mol. The highest BCUT2D eigenvalue weighted by Crippen LogP contribution is 2.13. The SMILES string of the molecule is Cc1ccnc(NC(=O)CCc2c(C)nc(-c3cccnc3)[nH]c2=O)c1. The molecule has 7 nitrogen and oxygen atoms in total. The van der Waals surface area contributed by atoms with Crippen molar-refractivity contribution in [2.45, 2.75) is 26.7 Å². The lowest BCUT2D eigenvalue weighted by Gasteiger charge is -2.08. The number of hydrogen-bond donors (Lipinski definition) is 2. The number of carbonyl (C=O) groups excluding carboxylic acids is 1. The van der Waals surface area contributed by atoms with E-state index in [0.717, 1.165) is 11.1 Å². The summed E-state index contributed by atoms with van der Waals surface area (Å²) in [6.45, 7) is 3.69. The molecule has 3 aromatic rings. The van der Waals surface area contributed by atoms with Gasteiger partial charge in [-0.3, -0.25) is 14.6 Å². The van der Waals surface area contributed by atoms with Crippen LogP contribution >= 0.6 is 0 Å². The summed E-state index contributed by atoms with van der Waals surface area (Å²) in [4.78, 5) is 39.8. The lowest BCUT2D eigenvalue weighted by molar-refractivity contribution is -0.116. The molecule has 0 spiro atoms. The molecule has 3 aromatic heterocycles. The normalized spacial score (nSPS) is 10.5. The molecule has 0 aliphatic carbocycles. The van der Waals surface area contributed by atoms with Gasteiger partial charge in [0.05, 0.1) is 0 Å². The quantitative estimate of drug-likeness (QED) is 0.737. The Hall–Kier alpha value is -3.35. The third-order valence-corrected chi connectivity index (χ3v) is 3.94. The predicted molar refractivity (Wildman–Crippen MR) is 98.8 cm³/mol. The van der Waals surface area contributed by atoms with Gasteiger partial charge < -0.3 is 10.3 Å². The number of hydrogen-bond acceptors (Lipinski definition) is 5. The van der Waals surface area contributed by atoms with Crippen LogP contribution in [0.5, 0.6) is 0 Å². The fourth-order valence-corrected chi connectivity index (χ4v) is 2.59. The number of nitrogens with zero attached hydrogens (tertiary/aromatic N) is 3. The number of aryl methyl sites for hydroxylation is 2. The molecule has 0 atom stereocenters. The van der Waals surface area contributed by atoms with Crippen molar-refractivity contribution in [1.82, 2.24) is 19.9 Å².